The third kappa shape index (κ3) is 1.43. The maximum atomic E-state index is 13.8. The fourth-order valence-electron chi connectivity index (χ4n) is 2.20. The molecule has 3 rings (SSSR count). The molecule has 1 saturated heterocycles. The first kappa shape index (κ1) is 9.57. The number of rotatable bonds is 1. The van der Waals surface area contributed by atoms with Gasteiger partial charge in [0.2, 0.25) is 0 Å². The summed E-state index contributed by atoms with van der Waals surface area (Å²) in [6.07, 6.45) is 5.79. The largest absolute Gasteiger partial charge is 0.365 e. The van der Waals surface area contributed by atoms with Crippen molar-refractivity contribution >= 4 is 11.3 Å². The molecule has 0 bridgehead atoms. The van der Waals surface area contributed by atoms with Crippen LogP contribution in [0, 0.1) is 0 Å². The summed E-state index contributed by atoms with van der Waals surface area (Å²) in [6.45, 7) is 2.82. The quantitative estimate of drug-likeness (QED) is 0.733. The number of aromatic nitrogens is 3. The molecule has 0 saturated carbocycles. The van der Waals surface area contributed by atoms with E-state index in [1.54, 1.807) is 30.0 Å². The average molecular weight is 220 g/mol. The fraction of sp³-hybridized carbons (Fsp3) is 0.455. The van der Waals surface area contributed by atoms with Gasteiger partial charge in [0.25, 0.3) is 0 Å². The van der Waals surface area contributed by atoms with Crippen molar-refractivity contribution in [3.05, 3.63) is 24.7 Å². The van der Waals surface area contributed by atoms with Crippen molar-refractivity contribution in [1.82, 2.24) is 14.6 Å². The second-order valence-corrected chi connectivity index (χ2v) is 4.50. The zero-order valence-corrected chi connectivity index (χ0v) is 9.10. The zero-order chi connectivity index (χ0) is 11.2. The Hall–Kier alpha value is -1.65. The third-order valence-corrected chi connectivity index (χ3v) is 3.04. The molecular formula is C11H13FN4. The van der Waals surface area contributed by atoms with Crippen LogP contribution in [0.5, 0.6) is 0 Å². The van der Waals surface area contributed by atoms with Gasteiger partial charge in [0.05, 0.1) is 18.4 Å². The summed E-state index contributed by atoms with van der Waals surface area (Å²) in [5.74, 6) is 0. The first-order valence-electron chi connectivity index (χ1n) is 5.38. The first-order valence-corrected chi connectivity index (χ1v) is 5.38. The molecule has 2 aromatic rings. The van der Waals surface area contributed by atoms with Gasteiger partial charge in [-0.3, -0.25) is 0 Å². The van der Waals surface area contributed by atoms with E-state index in [1.807, 2.05) is 11.0 Å². The van der Waals surface area contributed by atoms with Crippen LogP contribution in [0.4, 0.5) is 10.1 Å². The summed E-state index contributed by atoms with van der Waals surface area (Å²) in [7, 11) is 0. The SMILES string of the molecule is C[C@]1(F)CCN(c2ccnn3ccnc23)C1. The molecule has 5 heteroatoms. The Bertz CT molecular complexity index is 519. The number of anilines is 1. The standard InChI is InChI=1S/C11H13FN4/c1-11(12)3-6-15(8-11)9-2-4-14-16-7-5-13-10(9)16/h2,4-5,7H,3,6,8H2,1H3/t11-/m0/s1. The molecule has 16 heavy (non-hydrogen) atoms. The van der Waals surface area contributed by atoms with Crippen LogP contribution in [-0.4, -0.2) is 33.4 Å². The van der Waals surface area contributed by atoms with Crippen molar-refractivity contribution in [1.29, 1.82) is 0 Å². The molecule has 1 fully saturated rings. The molecule has 1 aliphatic rings. The molecule has 0 aromatic carbocycles. The maximum Gasteiger partial charge on any atom is 0.177 e. The van der Waals surface area contributed by atoms with Crippen LogP contribution in [0.1, 0.15) is 13.3 Å². The highest BCUT2D eigenvalue weighted by Crippen LogP contribution is 2.30. The number of imidazole rings is 1. The van der Waals surface area contributed by atoms with E-state index < -0.39 is 5.67 Å². The molecule has 1 atom stereocenters. The topological polar surface area (TPSA) is 33.4 Å². The van der Waals surface area contributed by atoms with Crippen molar-refractivity contribution in [2.75, 3.05) is 18.0 Å². The Morgan fingerprint density at radius 2 is 2.31 bits per heavy atom. The van der Waals surface area contributed by atoms with E-state index in [0.29, 0.717) is 13.0 Å². The summed E-state index contributed by atoms with van der Waals surface area (Å²) < 4.78 is 15.5. The smallest absolute Gasteiger partial charge is 0.177 e. The summed E-state index contributed by atoms with van der Waals surface area (Å²) in [6, 6.07) is 1.89. The number of alkyl halides is 1. The molecule has 0 N–H and O–H groups in total. The van der Waals surface area contributed by atoms with Crippen molar-refractivity contribution in [2.45, 2.75) is 19.0 Å². The minimum atomic E-state index is -1.09. The van der Waals surface area contributed by atoms with Crippen LogP contribution in [0.15, 0.2) is 24.7 Å². The minimum absolute atomic E-state index is 0.430. The van der Waals surface area contributed by atoms with Gasteiger partial charge in [0, 0.05) is 25.4 Å². The van der Waals surface area contributed by atoms with Gasteiger partial charge in [-0.05, 0) is 13.0 Å². The summed E-state index contributed by atoms with van der Waals surface area (Å²) >= 11 is 0. The van der Waals surface area contributed by atoms with Crippen LogP contribution in [0.2, 0.25) is 0 Å². The molecule has 0 radical (unpaired) electrons. The van der Waals surface area contributed by atoms with E-state index in [9.17, 15) is 4.39 Å². The molecule has 1 aliphatic heterocycles. The van der Waals surface area contributed by atoms with Gasteiger partial charge in [-0.1, -0.05) is 0 Å². The maximum absolute atomic E-state index is 13.8. The summed E-state index contributed by atoms with van der Waals surface area (Å²) in [5, 5.41) is 4.14. The third-order valence-electron chi connectivity index (χ3n) is 3.04. The Labute approximate surface area is 92.7 Å². The van der Waals surface area contributed by atoms with Gasteiger partial charge in [-0.25, -0.2) is 13.9 Å². The molecule has 0 aliphatic carbocycles. The average Bonchev–Trinajstić information content (AvgIpc) is 2.83. The van der Waals surface area contributed by atoms with Crippen LogP contribution in [0.25, 0.3) is 5.65 Å². The molecule has 0 spiro atoms. The van der Waals surface area contributed by atoms with E-state index in [-0.39, 0.29) is 0 Å². The zero-order valence-electron chi connectivity index (χ0n) is 9.10. The first-order chi connectivity index (χ1) is 7.66. The van der Waals surface area contributed by atoms with Crippen molar-refractivity contribution in [3.63, 3.8) is 0 Å². The highest BCUT2D eigenvalue weighted by Gasteiger charge is 2.34. The number of hydrogen-bond donors (Lipinski definition) is 0. The lowest BCUT2D eigenvalue weighted by atomic mass is 10.1. The van der Waals surface area contributed by atoms with Crippen LogP contribution in [0.3, 0.4) is 0 Å². The molecule has 3 heterocycles. The van der Waals surface area contributed by atoms with E-state index in [1.165, 1.54) is 0 Å². The monoisotopic (exact) mass is 220 g/mol. The normalized spacial score (nSPS) is 25.5. The second kappa shape index (κ2) is 3.17. The van der Waals surface area contributed by atoms with Crippen LogP contribution >= 0.6 is 0 Å². The molecule has 84 valence electrons. The van der Waals surface area contributed by atoms with Crippen molar-refractivity contribution in [3.8, 4) is 0 Å². The molecular weight excluding hydrogens is 207 g/mol. The molecule has 4 nitrogen and oxygen atoms in total. The van der Waals surface area contributed by atoms with Crippen molar-refractivity contribution in [2.24, 2.45) is 0 Å². The van der Waals surface area contributed by atoms with E-state index >= 15 is 0 Å². The van der Waals surface area contributed by atoms with Gasteiger partial charge < -0.3 is 4.90 Å². The van der Waals surface area contributed by atoms with E-state index in [0.717, 1.165) is 17.9 Å². The van der Waals surface area contributed by atoms with Gasteiger partial charge in [0.15, 0.2) is 5.65 Å². The molecule has 0 unspecified atom stereocenters. The summed E-state index contributed by atoms with van der Waals surface area (Å²) in [4.78, 5) is 6.28. The highest BCUT2D eigenvalue weighted by atomic mass is 19.1. The Balaban J connectivity index is 2.03. The number of nitrogens with zero attached hydrogens (tertiary/aromatic N) is 4. The van der Waals surface area contributed by atoms with Crippen molar-refractivity contribution < 1.29 is 4.39 Å². The van der Waals surface area contributed by atoms with Gasteiger partial charge >= 0.3 is 0 Å². The van der Waals surface area contributed by atoms with Gasteiger partial charge in [-0.2, -0.15) is 5.10 Å². The fourth-order valence-corrected chi connectivity index (χ4v) is 2.20. The molecule has 2 aromatic heterocycles. The lowest BCUT2D eigenvalue weighted by Crippen LogP contribution is -2.26. The Morgan fingerprint density at radius 1 is 1.44 bits per heavy atom. The van der Waals surface area contributed by atoms with E-state index in [2.05, 4.69) is 10.1 Å². The number of fused-ring (bicyclic) bond motifs is 1. The predicted octanol–water partition coefficient (Wildman–Crippen LogP) is 1.67. The lowest BCUT2D eigenvalue weighted by molar-refractivity contribution is 0.221. The van der Waals surface area contributed by atoms with Crippen LogP contribution in [-0.2, 0) is 0 Å². The Kier molecular flexibility index (Phi) is 1.89. The number of halogens is 1. The van der Waals surface area contributed by atoms with E-state index in [4.69, 9.17) is 0 Å². The second-order valence-electron chi connectivity index (χ2n) is 4.50. The minimum Gasteiger partial charge on any atom is -0.365 e. The van der Waals surface area contributed by atoms with Gasteiger partial charge in [0.1, 0.15) is 5.67 Å². The molecule has 0 amide bonds. The highest BCUT2D eigenvalue weighted by molar-refractivity contribution is 5.68. The van der Waals surface area contributed by atoms with Gasteiger partial charge in [-0.15, -0.1) is 0 Å². The van der Waals surface area contributed by atoms with Crippen LogP contribution < -0.4 is 4.90 Å². The lowest BCUT2D eigenvalue weighted by Gasteiger charge is -2.19. The summed E-state index contributed by atoms with van der Waals surface area (Å²) in [5.41, 5.74) is 0.661. The Morgan fingerprint density at radius 3 is 3.06 bits per heavy atom. The predicted molar refractivity (Wildman–Crippen MR) is 59.3 cm³/mol. The number of hydrogen-bond acceptors (Lipinski definition) is 3.